The fourth-order valence-electron chi connectivity index (χ4n) is 1.57. The molecule has 0 aliphatic carbocycles. The van der Waals surface area contributed by atoms with Crippen molar-refractivity contribution in [2.24, 2.45) is 0 Å². The van der Waals surface area contributed by atoms with Gasteiger partial charge < -0.3 is 15.7 Å². The maximum absolute atomic E-state index is 9.33. The van der Waals surface area contributed by atoms with E-state index in [1.54, 1.807) is 6.07 Å². The molecule has 0 aromatic carbocycles. The van der Waals surface area contributed by atoms with Crippen LogP contribution >= 0.6 is 0 Å². The minimum absolute atomic E-state index is 0.219. The van der Waals surface area contributed by atoms with Gasteiger partial charge in [0.2, 0.25) is 0 Å². The monoisotopic (exact) mass is 179 g/mol. The lowest BCUT2D eigenvalue weighted by molar-refractivity contribution is 0.198. The van der Waals surface area contributed by atoms with E-state index in [0.717, 1.165) is 18.8 Å². The minimum atomic E-state index is -0.219. The van der Waals surface area contributed by atoms with Crippen molar-refractivity contribution in [2.75, 3.05) is 23.7 Å². The Labute approximate surface area is 77.0 Å². The molecule has 1 atom stereocenters. The lowest BCUT2D eigenvalue weighted by Crippen LogP contribution is -2.22. The SMILES string of the molecule is Nc1cccc(N2CC[C@@H](O)C2)n1. The Morgan fingerprint density at radius 1 is 1.54 bits per heavy atom. The molecule has 13 heavy (non-hydrogen) atoms. The second kappa shape index (κ2) is 3.22. The molecule has 0 bridgehead atoms. The first-order valence-corrected chi connectivity index (χ1v) is 4.41. The lowest BCUT2D eigenvalue weighted by atomic mass is 10.3. The van der Waals surface area contributed by atoms with Crippen LogP contribution < -0.4 is 10.6 Å². The van der Waals surface area contributed by atoms with Gasteiger partial charge in [0.05, 0.1) is 6.10 Å². The first-order valence-electron chi connectivity index (χ1n) is 4.41. The van der Waals surface area contributed by atoms with Crippen LogP contribution in [0.15, 0.2) is 18.2 Å². The van der Waals surface area contributed by atoms with E-state index in [2.05, 4.69) is 4.98 Å². The molecule has 0 amide bonds. The van der Waals surface area contributed by atoms with Gasteiger partial charge in [-0.3, -0.25) is 0 Å². The molecule has 70 valence electrons. The predicted octanol–water partition coefficient (Wildman–Crippen LogP) is 0.235. The third kappa shape index (κ3) is 1.72. The van der Waals surface area contributed by atoms with Crippen molar-refractivity contribution in [3.63, 3.8) is 0 Å². The number of hydrogen-bond donors (Lipinski definition) is 2. The molecule has 1 aromatic rings. The summed E-state index contributed by atoms with van der Waals surface area (Å²) in [5, 5.41) is 9.33. The first kappa shape index (κ1) is 8.31. The van der Waals surface area contributed by atoms with Crippen LogP contribution in [0, 0.1) is 0 Å². The molecule has 3 N–H and O–H groups in total. The Hall–Kier alpha value is -1.29. The second-order valence-corrected chi connectivity index (χ2v) is 3.31. The topological polar surface area (TPSA) is 62.4 Å². The van der Waals surface area contributed by atoms with Crippen molar-refractivity contribution >= 4 is 11.6 Å². The van der Waals surface area contributed by atoms with Gasteiger partial charge in [0, 0.05) is 13.1 Å². The van der Waals surface area contributed by atoms with Crippen LogP contribution in [0.5, 0.6) is 0 Å². The molecule has 1 aliphatic rings. The van der Waals surface area contributed by atoms with E-state index in [0.29, 0.717) is 12.4 Å². The molecule has 2 heterocycles. The normalized spacial score (nSPS) is 22.2. The van der Waals surface area contributed by atoms with Crippen molar-refractivity contribution in [3.8, 4) is 0 Å². The van der Waals surface area contributed by atoms with Crippen LogP contribution in [-0.4, -0.2) is 29.3 Å². The fraction of sp³-hybridized carbons (Fsp3) is 0.444. The molecule has 4 nitrogen and oxygen atoms in total. The van der Waals surface area contributed by atoms with Crippen LogP contribution in [0.2, 0.25) is 0 Å². The Balaban J connectivity index is 2.16. The van der Waals surface area contributed by atoms with Crippen molar-refractivity contribution in [1.29, 1.82) is 0 Å². The summed E-state index contributed by atoms with van der Waals surface area (Å²) in [7, 11) is 0. The molecular weight excluding hydrogens is 166 g/mol. The number of pyridine rings is 1. The Bertz CT molecular complexity index is 303. The fourth-order valence-corrected chi connectivity index (χ4v) is 1.57. The van der Waals surface area contributed by atoms with Crippen LogP contribution in [0.1, 0.15) is 6.42 Å². The maximum atomic E-state index is 9.33. The molecular formula is C9H13N3O. The number of nitrogens with zero attached hydrogens (tertiary/aromatic N) is 2. The molecule has 1 aliphatic heterocycles. The number of hydrogen-bond acceptors (Lipinski definition) is 4. The summed E-state index contributed by atoms with van der Waals surface area (Å²) in [6, 6.07) is 5.55. The number of β-amino-alcohol motifs (C(OH)–C–C–N with tert-alkyl or cyclic N) is 1. The van der Waals surface area contributed by atoms with Gasteiger partial charge in [-0.2, -0.15) is 0 Å². The number of anilines is 2. The first-order chi connectivity index (χ1) is 6.25. The van der Waals surface area contributed by atoms with E-state index in [1.165, 1.54) is 0 Å². The number of aliphatic hydroxyl groups is 1. The number of aromatic nitrogens is 1. The molecule has 0 unspecified atom stereocenters. The highest BCUT2D eigenvalue weighted by Gasteiger charge is 2.20. The van der Waals surface area contributed by atoms with Crippen LogP contribution in [-0.2, 0) is 0 Å². The third-order valence-corrected chi connectivity index (χ3v) is 2.24. The van der Waals surface area contributed by atoms with Gasteiger partial charge in [-0.15, -0.1) is 0 Å². The van der Waals surface area contributed by atoms with Crippen molar-refractivity contribution in [1.82, 2.24) is 4.98 Å². The second-order valence-electron chi connectivity index (χ2n) is 3.31. The minimum Gasteiger partial charge on any atom is -0.391 e. The molecule has 1 aromatic heterocycles. The standard InChI is InChI=1S/C9H13N3O/c10-8-2-1-3-9(11-8)12-5-4-7(13)6-12/h1-3,7,13H,4-6H2,(H2,10,11)/t7-/m1/s1. The number of rotatable bonds is 1. The Kier molecular flexibility index (Phi) is 2.06. The zero-order valence-electron chi connectivity index (χ0n) is 7.35. The van der Waals surface area contributed by atoms with Crippen LogP contribution in [0.4, 0.5) is 11.6 Å². The average molecular weight is 179 g/mol. The van der Waals surface area contributed by atoms with Gasteiger partial charge in [0.1, 0.15) is 11.6 Å². The van der Waals surface area contributed by atoms with E-state index in [9.17, 15) is 5.11 Å². The molecule has 0 saturated carbocycles. The summed E-state index contributed by atoms with van der Waals surface area (Å²) in [4.78, 5) is 6.22. The zero-order chi connectivity index (χ0) is 9.26. The van der Waals surface area contributed by atoms with E-state index in [4.69, 9.17) is 5.73 Å². The summed E-state index contributed by atoms with van der Waals surface area (Å²) in [6.07, 6.45) is 0.597. The quantitative estimate of drug-likeness (QED) is 0.648. The van der Waals surface area contributed by atoms with Crippen LogP contribution in [0.25, 0.3) is 0 Å². The van der Waals surface area contributed by atoms with Gasteiger partial charge >= 0.3 is 0 Å². The van der Waals surface area contributed by atoms with Gasteiger partial charge in [-0.05, 0) is 18.6 Å². The highest BCUT2D eigenvalue weighted by Crippen LogP contribution is 2.18. The molecule has 1 fully saturated rings. The summed E-state index contributed by atoms with van der Waals surface area (Å²) in [6.45, 7) is 1.52. The summed E-state index contributed by atoms with van der Waals surface area (Å²) < 4.78 is 0. The van der Waals surface area contributed by atoms with Crippen molar-refractivity contribution in [2.45, 2.75) is 12.5 Å². The predicted molar refractivity (Wildman–Crippen MR) is 51.5 cm³/mol. The Morgan fingerprint density at radius 2 is 2.38 bits per heavy atom. The molecule has 1 saturated heterocycles. The maximum Gasteiger partial charge on any atom is 0.131 e. The zero-order valence-corrected chi connectivity index (χ0v) is 7.35. The third-order valence-electron chi connectivity index (χ3n) is 2.24. The van der Waals surface area contributed by atoms with Crippen molar-refractivity contribution < 1.29 is 5.11 Å². The largest absolute Gasteiger partial charge is 0.391 e. The van der Waals surface area contributed by atoms with Gasteiger partial charge in [-0.1, -0.05) is 6.07 Å². The van der Waals surface area contributed by atoms with E-state index < -0.39 is 0 Å². The highest BCUT2D eigenvalue weighted by molar-refractivity contribution is 5.45. The summed E-state index contributed by atoms with van der Waals surface area (Å²) in [5.41, 5.74) is 5.56. The molecule has 0 radical (unpaired) electrons. The molecule has 2 rings (SSSR count). The van der Waals surface area contributed by atoms with E-state index in [-0.39, 0.29) is 6.10 Å². The smallest absolute Gasteiger partial charge is 0.131 e. The number of nitrogens with two attached hydrogens (primary N) is 1. The Morgan fingerprint density at radius 3 is 3.00 bits per heavy atom. The lowest BCUT2D eigenvalue weighted by Gasteiger charge is -2.16. The van der Waals surface area contributed by atoms with Crippen LogP contribution in [0.3, 0.4) is 0 Å². The molecule has 4 heteroatoms. The average Bonchev–Trinajstić information content (AvgIpc) is 2.52. The van der Waals surface area contributed by atoms with Crippen molar-refractivity contribution in [3.05, 3.63) is 18.2 Å². The summed E-state index contributed by atoms with van der Waals surface area (Å²) >= 11 is 0. The highest BCUT2D eigenvalue weighted by atomic mass is 16.3. The van der Waals surface area contributed by atoms with Gasteiger partial charge in [0.15, 0.2) is 0 Å². The number of nitrogen functional groups attached to an aromatic ring is 1. The van der Waals surface area contributed by atoms with E-state index >= 15 is 0 Å². The van der Waals surface area contributed by atoms with E-state index in [1.807, 2.05) is 17.0 Å². The molecule has 0 spiro atoms. The van der Waals surface area contributed by atoms with Gasteiger partial charge in [-0.25, -0.2) is 4.98 Å². The summed E-state index contributed by atoms with van der Waals surface area (Å²) in [5.74, 6) is 1.38. The number of aliphatic hydroxyl groups excluding tert-OH is 1. The van der Waals surface area contributed by atoms with Gasteiger partial charge in [0.25, 0.3) is 0 Å².